The van der Waals surface area contributed by atoms with Crippen molar-refractivity contribution < 1.29 is 9.85 Å². The normalized spacial score (nSPS) is 10.6. The molecule has 0 spiro atoms. The third kappa shape index (κ3) is 3.76. The van der Waals surface area contributed by atoms with Crippen LogP contribution >= 0.6 is 11.6 Å². The molecule has 22 heavy (non-hydrogen) atoms. The first-order valence-corrected chi connectivity index (χ1v) is 6.32. The van der Waals surface area contributed by atoms with Gasteiger partial charge in [-0.05, 0) is 18.2 Å². The van der Waals surface area contributed by atoms with Gasteiger partial charge in [0.2, 0.25) is 0 Å². The summed E-state index contributed by atoms with van der Waals surface area (Å²) in [7, 11) is 0. The molecule has 0 heterocycles. The average molecular weight is 321 g/mol. The van der Waals surface area contributed by atoms with Crippen LogP contribution in [0, 0.1) is 20.2 Å². The van der Waals surface area contributed by atoms with Crippen LogP contribution in [0.4, 0.5) is 17.1 Å². The van der Waals surface area contributed by atoms with E-state index >= 15 is 0 Å². The predicted molar refractivity (Wildman–Crippen MR) is 82.4 cm³/mol. The minimum Gasteiger partial charge on any atom is -0.278 e. The Kier molecular flexibility index (Phi) is 4.64. The largest absolute Gasteiger partial charge is 0.288 e. The van der Waals surface area contributed by atoms with Gasteiger partial charge >= 0.3 is 0 Å². The summed E-state index contributed by atoms with van der Waals surface area (Å²) in [6, 6.07) is 9.96. The molecule has 9 heteroatoms. The first-order valence-electron chi connectivity index (χ1n) is 5.95. The molecular formula is C13H9ClN4O4. The molecule has 0 amide bonds. The molecular weight excluding hydrogens is 312 g/mol. The number of benzene rings is 2. The highest BCUT2D eigenvalue weighted by atomic mass is 35.5. The first kappa shape index (κ1) is 15.4. The summed E-state index contributed by atoms with van der Waals surface area (Å²) in [4.78, 5) is 20.2. The van der Waals surface area contributed by atoms with Crippen LogP contribution in [0.15, 0.2) is 47.6 Å². The lowest BCUT2D eigenvalue weighted by Crippen LogP contribution is -1.94. The van der Waals surface area contributed by atoms with Crippen LogP contribution in [0.5, 0.6) is 0 Å². The number of non-ortho nitro benzene ring substituents is 1. The van der Waals surface area contributed by atoms with Gasteiger partial charge < -0.3 is 0 Å². The highest BCUT2D eigenvalue weighted by Crippen LogP contribution is 2.24. The number of halogens is 1. The Balaban J connectivity index is 2.08. The summed E-state index contributed by atoms with van der Waals surface area (Å²) >= 11 is 5.70. The highest BCUT2D eigenvalue weighted by Gasteiger charge is 2.11. The molecule has 0 radical (unpaired) electrons. The monoisotopic (exact) mass is 320 g/mol. The van der Waals surface area contributed by atoms with Crippen LogP contribution in [0.2, 0.25) is 5.02 Å². The molecule has 2 rings (SSSR count). The van der Waals surface area contributed by atoms with Crippen molar-refractivity contribution in [3.63, 3.8) is 0 Å². The van der Waals surface area contributed by atoms with Crippen molar-refractivity contribution in [1.82, 2.24) is 0 Å². The summed E-state index contributed by atoms with van der Waals surface area (Å²) in [6.45, 7) is 0. The molecule has 0 aromatic heterocycles. The number of hydrogen-bond acceptors (Lipinski definition) is 6. The topological polar surface area (TPSA) is 111 Å². The highest BCUT2D eigenvalue weighted by molar-refractivity contribution is 6.32. The zero-order valence-corrected chi connectivity index (χ0v) is 11.7. The van der Waals surface area contributed by atoms with Crippen LogP contribution in [-0.2, 0) is 0 Å². The van der Waals surface area contributed by atoms with Crippen molar-refractivity contribution in [1.29, 1.82) is 0 Å². The van der Waals surface area contributed by atoms with Gasteiger partial charge in [0.05, 0.1) is 21.7 Å². The lowest BCUT2D eigenvalue weighted by atomic mass is 10.2. The van der Waals surface area contributed by atoms with Gasteiger partial charge in [-0.3, -0.25) is 25.7 Å². The van der Waals surface area contributed by atoms with E-state index in [4.69, 9.17) is 11.6 Å². The minimum absolute atomic E-state index is 0.0251. The molecule has 0 aliphatic heterocycles. The van der Waals surface area contributed by atoms with Crippen molar-refractivity contribution in [2.45, 2.75) is 0 Å². The number of nitrogens with one attached hydrogen (secondary N) is 1. The Morgan fingerprint density at radius 3 is 2.32 bits per heavy atom. The van der Waals surface area contributed by atoms with E-state index in [-0.39, 0.29) is 16.4 Å². The molecule has 1 N–H and O–H groups in total. The quantitative estimate of drug-likeness (QED) is 0.514. The number of nitro groups is 2. The van der Waals surface area contributed by atoms with Crippen LogP contribution in [0.1, 0.15) is 5.56 Å². The molecule has 0 saturated carbocycles. The fourth-order valence-corrected chi connectivity index (χ4v) is 1.78. The zero-order valence-electron chi connectivity index (χ0n) is 11.0. The van der Waals surface area contributed by atoms with Crippen molar-refractivity contribution in [3.8, 4) is 0 Å². The third-order valence-corrected chi connectivity index (χ3v) is 2.97. The van der Waals surface area contributed by atoms with Crippen LogP contribution in [-0.4, -0.2) is 16.1 Å². The van der Waals surface area contributed by atoms with Gasteiger partial charge in [-0.1, -0.05) is 17.7 Å². The number of hydrazone groups is 1. The summed E-state index contributed by atoms with van der Waals surface area (Å²) in [5, 5.41) is 25.2. The molecule has 112 valence electrons. The fraction of sp³-hybridized carbons (Fsp3) is 0. The molecule has 0 unspecified atom stereocenters. The van der Waals surface area contributed by atoms with Gasteiger partial charge in [0, 0.05) is 23.8 Å². The Morgan fingerprint density at radius 2 is 1.73 bits per heavy atom. The maximum atomic E-state index is 10.8. The smallest absolute Gasteiger partial charge is 0.278 e. The van der Waals surface area contributed by atoms with Gasteiger partial charge in [0.15, 0.2) is 0 Å². The second-order valence-corrected chi connectivity index (χ2v) is 4.55. The van der Waals surface area contributed by atoms with E-state index in [9.17, 15) is 20.2 Å². The molecule has 2 aromatic carbocycles. The molecule has 0 saturated heterocycles. The van der Waals surface area contributed by atoms with Crippen molar-refractivity contribution in [2.24, 2.45) is 5.10 Å². The molecule has 8 nitrogen and oxygen atoms in total. The van der Waals surface area contributed by atoms with E-state index in [1.807, 2.05) is 0 Å². The first-order chi connectivity index (χ1) is 10.5. The lowest BCUT2D eigenvalue weighted by molar-refractivity contribution is -0.385. The molecule has 2 aromatic rings. The summed E-state index contributed by atoms with van der Waals surface area (Å²) in [5.41, 5.74) is 3.47. The van der Waals surface area contributed by atoms with Crippen LogP contribution in [0.25, 0.3) is 0 Å². The maximum absolute atomic E-state index is 10.8. The summed E-state index contributed by atoms with van der Waals surface area (Å²) < 4.78 is 0. The van der Waals surface area contributed by atoms with Crippen LogP contribution < -0.4 is 5.43 Å². The Morgan fingerprint density at radius 1 is 1.05 bits per heavy atom. The maximum Gasteiger partial charge on any atom is 0.288 e. The van der Waals surface area contributed by atoms with E-state index in [0.717, 1.165) is 0 Å². The van der Waals surface area contributed by atoms with Gasteiger partial charge in [-0.25, -0.2) is 0 Å². The second kappa shape index (κ2) is 6.64. The third-order valence-electron chi connectivity index (χ3n) is 2.65. The lowest BCUT2D eigenvalue weighted by Gasteiger charge is -2.00. The number of anilines is 1. The Bertz CT molecular complexity index is 746. The number of hydrogen-bond donors (Lipinski definition) is 1. The fourth-order valence-electron chi connectivity index (χ4n) is 1.59. The van der Waals surface area contributed by atoms with E-state index in [0.29, 0.717) is 11.3 Å². The summed E-state index contributed by atoms with van der Waals surface area (Å²) in [5.74, 6) is 0. The average Bonchev–Trinajstić information content (AvgIpc) is 2.49. The molecule has 0 aliphatic rings. The molecule has 0 fully saturated rings. The second-order valence-electron chi connectivity index (χ2n) is 4.14. The van der Waals surface area contributed by atoms with Gasteiger partial charge in [0.1, 0.15) is 5.02 Å². The van der Waals surface area contributed by atoms with E-state index in [1.54, 1.807) is 6.07 Å². The van der Waals surface area contributed by atoms with Gasteiger partial charge in [-0.2, -0.15) is 5.10 Å². The summed E-state index contributed by atoms with van der Waals surface area (Å²) in [6.07, 6.45) is 1.38. The van der Waals surface area contributed by atoms with Crippen LogP contribution in [0.3, 0.4) is 0 Å². The molecule has 0 bridgehead atoms. The number of nitro benzene ring substituents is 2. The standard InChI is InChI=1S/C13H9ClN4O4/c14-12-6-1-9(7-13(12)18(21)22)8-15-16-10-2-4-11(5-3-10)17(19)20/h1-8,16H. The van der Waals surface area contributed by atoms with E-state index < -0.39 is 9.85 Å². The Labute approximate surface area is 129 Å². The van der Waals surface area contributed by atoms with Gasteiger partial charge in [0.25, 0.3) is 11.4 Å². The zero-order chi connectivity index (χ0) is 16.1. The van der Waals surface area contributed by atoms with Crippen molar-refractivity contribution in [2.75, 3.05) is 5.43 Å². The predicted octanol–water partition coefficient (Wildman–Crippen LogP) is 3.60. The number of rotatable bonds is 5. The van der Waals surface area contributed by atoms with Gasteiger partial charge in [-0.15, -0.1) is 0 Å². The van der Waals surface area contributed by atoms with Crippen molar-refractivity contribution in [3.05, 3.63) is 73.3 Å². The van der Waals surface area contributed by atoms with E-state index in [1.165, 1.54) is 42.6 Å². The molecule has 0 aliphatic carbocycles. The number of nitrogens with zero attached hydrogens (tertiary/aromatic N) is 3. The SMILES string of the molecule is O=[N+]([O-])c1ccc(NN=Cc2ccc(Cl)c([N+](=O)[O-])c2)cc1. The molecule has 0 atom stereocenters. The van der Waals surface area contributed by atoms with E-state index in [2.05, 4.69) is 10.5 Å². The Hall–Kier alpha value is -3.00. The van der Waals surface area contributed by atoms with Crippen molar-refractivity contribution >= 4 is 34.9 Å². The minimum atomic E-state index is -0.580.